The number of nitrogens with zero attached hydrogens (tertiary/aromatic N) is 3. The van der Waals surface area contributed by atoms with Crippen LogP contribution in [0.15, 0.2) is 29.2 Å². The van der Waals surface area contributed by atoms with Gasteiger partial charge >= 0.3 is 12.1 Å². The number of ether oxygens (including phenoxy) is 1. The zero-order valence-electron chi connectivity index (χ0n) is 22.7. The van der Waals surface area contributed by atoms with Gasteiger partial charge in [-0.1, -0.05) is 6.42 Å². The molecule has 2 aliphatic heterocycles. The van der Waals surface area contributed by atoms with Crippen LogP contribution < -0.4 is 10.6 Å². The summed E-state index contributed by atoms with van der Waals surface area (Å²) >= 11 is 1.14. The van der Waals surface area contributed by atoms with E-state index in [9.17, 15) is 27.6 Å². The molecule has 0 unspecified atom stereocenters. The molecule has 2 aromatic rings. The van der Waals surface area contributed by atoms with Crippen molar-refractivity contribution in [1.82, 2.24) is 19.4 Å². The molecule has 4 rings (SSSR count). The molecule has 40 heavy (non-hydrogen) atoms. The number of imide groups is 1. The highest BCUT2D eigenvalue weighted by Crippen LogP contribution is 2.37. The predicted molar refractivity (Wildman–Crippen MR) is 149 cm³/mol. The van der Waals surface area contributed by atoms with E-state index < -0.39 is 34.0 Å². The second-order valence-corrected chi connectivity index (χ2v) is 12.7. The number of hydrogen-bond acceptors (Lipinski definition) is 8. The number of thiophene rings is 1. The number of amides is 5. The first-order chi connectivity index (χ1) is 19.0. The van der Waals surface area contributed by atoms with Gasteiger partial charge in [-0.3, -0.25) is 14.9 Å². The standard InChI is InChI=1S/C26H33N5O7S2/c1-4-38-26(35)30-15-12-19-20(16-30)39-24(21(19)23(33)28-25(34)29(2)3)27-22(32)17-8-10-18(11-9-17)40(36,37)31-13-6-5-7-14-31/h8-11H,4-7,12-16H2,1-3H3,(H,27,32)(H,28,33,34). The average molecular weight is 592 g/mol. The van der Waals surface area contributed by atoms with Crippen LogP contribution in [0, 0.1) is 0 Å². The van der Waals surface area contributed by atoms with E-state index >= 15 is 0 Å². The highest BCUT2D eigenvalue weighted by molar-refractivity contribution is 7.89. The van der Waals surface area contributed by atoms with Crippen molar-refractivity contribution in [3.8, 4) is 0 Å². The minimum atomic E-state index is -3.65. The topological polar surface area (TPSA) is 145 Å². The Balaban J connectivity index is 1.58. The molecule has 0 radical (unpaired) electrons. The number of urea groups is 1. The maximum atomic E-state index is 13.2. The molecule has 0 spiro atoms. The molecule has 2 aliphatic rings. The van der Waals surface area contributed by atoms with E-state index in [0.717, 1.165) is 30.6 Å². The number of hydrogen-bond donors (Lipinski definition) is 2. The van der Waals surface area contributed by atoms with Gasteiger partial charge in [-0.25, -0.2) is 18.0 Å². The lowest BCUT2D eigenvalue weighted by Crippen LogP contribution is -2.40. The summed E-state index contributed by atoms with van der Waals surface area (Å²) in [5, 5.41) is 5.31. The summed E-state index contributed by atoms with van der Waals surface area (Å²) in [4.78, 5) is 54.4. The third-order valence-electron chi connectivity index (χ3n) is 6.73. The van der Waals surface area contributed by atoms with Crippen molar-refractivity contribution in [2.45, 2.75) is 44.0 Å². The zero-order chi connectivity index (χ0) is 29.0. The Kier molecular flexibility index (Phi) is 9.11. The van der Waals surface area contributed by atoms with Gasteiger partial charge in [0.25, 0.3) is 11.8 Å². The molecule has 12 nitrogen and oxygen atoms in total. The van der Waals surface area contributed by atoms with E-state index in [1.54, 1.807) is 6.92 Å². The monoisotopic (exact) mass is 591 g/mol. The number of rotatable bonds is 6. The number of nitrogens with one attached hydrogen (secondary N) is 2. The second-order valence-electron chi connectivity index (χ2n) is 9.68. The predicted octanol–water partition coefficient (Wildman–Crippen LogP) is 3.10. The number of anilines is 1. The maximum absolute atomic E-state index is 13.2. The van der Waals surface area contributed by atoms with Gasteiger partial charge in [-0.15, -0.1) is 11.3 Å². The lowest BCUT2D eigenvalue weighted by atomic mass is 10.0. The smallest absolute Gasteiger partial charge is 0.410 e. The largest absolute Gasteiger partial charge is 0.450 e. The molecule has 1 aromatic heterocycles. The number of carbonyl (C=O) groups excluding carboxylic acids is 4. The van der Waals surface area contributed by atoms with Crippen molar-refractivity contribution < 1.29 is 32.3 Å². The van der Waals surface area contributed by atoms with E-state index in [4.69, 9.17) is 4.74 Å². The molecule has 1 saturated heterocycles. The molecule has 14 heteroatoms. The van der Waals surface area contributed by atoms with Crippen molar-refractivity contribution in [1.29, 1.82) is 0 Å². The number of carbonyl (C=O) groups is 4. The number of sulfonamides is 1. The molecule has 5 amide bonds. The SMILES string of the molecule is CCOC(=O)N1CCc2c(sc(NC(=O)c3ccc(S(=O)(=O)N4CCCCC4)cc3)c2C(=O)NC(=O)N(C)C)C1. The van der Waals surface area contributed by atoms with Gasteiger partial charge in [0, 0.05) is 44.2 Å². The molecule has 0 saturated carbocycles. The van der Waals surface area contributed by atoms with Crippen molar-refractivity contribution in [2.24, 2.45) is 0 Å². The molecule has 216 valence electrons. The van der Waals surface area contributed by atoms with Crippen LogP contribution in [-0.2, 0) is 27.7 Å². The van der Waals surface area contributed by atoms with Gasteiger partial charge in [-0.2, -0.15) is 4.31 Å². The molecule has 0 aliphatic carbocycles. The van der Waals surface area contributed by atoms with Gasteiger partial charge in [0.2, 0.25) is 10.0 Å². The zero-order valence-corrected chi connectivity index (χ0v) is 24.3. The van der Waals surface area contributed by atoms with Crippen LogP contribution in [0.3, 0.4) is 0 Å². The Morgan fingerprint density at radius 1 is 1.00 bits per heavy atom. The Hall–Kier alpha value is -3.49. The Morgan fingerprint density at radius 3 is 2.30 bits per heavy atom. The van der Waals surface area contributed by atoms with Crippen molar-refractivity contribution in [3.63, 3.8) is 0 Å². The third-order valence-corrected chi connectivity index (χ3v) is 9.78. The molecule has 0 atom stereocenters. The van der Waals surface area contributed by atoms with Gasteiger partial charge in [0.05, 0.1) is 23.6 Å². The third kappa shape index (κ3) is 6.29. The van der Waals surface area contributed by atoms with Crippen molar-refractivity contribution >= 4 is 50.3 Å². The average Bonchev–Trinajstić information content (AvgIpc) is 3.30. The van der Waals surface area contributed by atoms with Crippen LogP contribution in [0.25, 0.3) is 0 Å². The summed E-state index contributed by atoms with van der Waals surface area (Å²) in [7, 11) is -0.645. The van der Waals surface area contributed by atoms with E-state index in [0.29, 0.717) is 36.5 Å². The lowest BCUT2D eigenvalue weighted by Gasteiger charge is -2.26. The van der Waals surface area contributed by atoms with E-state index in [2.05, 4.69) is 10.6 Å². The van der Waals surface area contributed by atoms with Crippen LogP contribution in [0.4, 0.5) is 14.6 Å². The van der Waals surface area contributed by atoms with Gasteiger partial charge in [0.15, 0.2) is 0 Å². The molecule has 0 bridgehead atoms. The summed E-state index contributed by atoms with van der Waals surface area (Å²) in [6.07, 6.45) is 2.50. The Bertz CT molecular complexity index is 1400. The summed E-state index contributed by atoms with van der Waals surface area (Å²) in [5.74, 6) is -1.21. The maximum Gasteiger partial charge on any atom is 0.410 e. The molecular weight excluding hydrogens is 558 g/mol. The molecular formula is C26H33N5O7S2. The van der Waals surface area contributed by atoms with Gasteiger partial charge in [-0.05, 0) is 56.0 Å². The van der Waals surface area contributed by atoms with Gasteiger partial charge < -0.3 is 19.9 Å². The van der Waals surface area contributed by atoms with Crippen molar-refractivity contribution in [3.05, 3.63) is 45.8 Å². The van der Waals surface area contributed by atoms with E-state index in [1.807, 2.05) is 0 Å². The van der Waals surface area contributed by atoms with Crippen LogP contribution in [0.1, 0.15) is 57.3 Å². The van der Waals surface area contributed by atoms with Gasteiger partial charge in [0.1, 0.15) is 5.00 Å². The van der Waals surface area contributed by atoms with Crippen molar-refractivity contribution in [2.75, 3.05) is 45.7 Å². The first-order valence-electron chi connectivity index (χ1n) is 13.0. The van der Waals surface area contributed by atoms with Crippen LogP contribution in [0.2, 0.25) is 0 Å². The fourth-order valence-corrected chi connectivity index (χ4v) is 7.35. The highest BCUT2D eigenvalue weighted by atomic mass is 32.2. The van der Waals surface area contributed by atoms with Crippen LogP contribution >= 0.6 is 11.3 Å². The summed E-state index contributed by atoms with van der Waals surface area (Å²) < 4.78 is 32.5. The quantitative estimate of drug-likeness (QED) is 0.525. The molecule has 3 heterocycles. The second kappa shape index (κ2) is 12.4. The molecule has 2 N–H and O–H groups in total. The van der Waals surface area contributed by atoms with E-state index in [1.165, 1.54) is 52.5 Å². The van der Waals surface area contributed by atoms with E-state index in [-0.39, 0.29) is 34.2 Å². The summed E-state index contributed by atoms with van der Waals surface area (Å²) in [6, 6.07) is 5.05. The lowest BCUT2D eigenvalue weighted by molar-refractivity contribution is 0.0955. The fraction of sp³-hybridized carbons (Fsp3) is 0.462. The molecule has 1 fully saturated rings. The Morgan fingerprint density at radius 2 is 1.68 bits per heavy atom. The number of piperidine rings is 1. The number of benzene rings is 1. The Labute approximate surface area is 237 Å². The minimum absolute atomic E-state index is 0.110. The minimum Gasteiger partial charge on any atom is -0.450 e. The summed E-state index contributed by atoms with van der Waals surface area (Å²) in [6.45, 7) is 3.40. The summed E-state index contributed by atoms with van der Waals surface area (Å²) in [5.41, 5.74) is 1.01. The first-order valence-corrected chi connectivity index (χ1v) is 15.3. The fourth-order valence-electron chi connectivity index (χ4n) is 4.58. The van der Waals surface area contributed by atoms with Crippen LogP contribution in [-0.4, -0.2) is 86.8 Å². The number of fused-ring (bicyclic) bond motifs is 1. The first kappa shape index (κ1) is 29.5. The van der Waals surface area contributed by atoms with Crippen LogP contribution in [0.5, 0.6) is 0 Å². The highest BCUT2D eigenvalue weighted by Gasteiger charge is 2.32. The normalized spacial score (nSPS) is 15.6. The molecule has 1 aromatic carbocycles.